The normalized spacial score (nSPS) is 23.1. The number of fused-ring (bicyclic) bond motifs is 2. The molecule has 4 aromatic carbocycles. The van der Waals surface area contributed by atoms with Crippen molar-refractivity contribution in [3.05, 3.63) is 144 Å². The third-order valence-electron chi connectivity index (χ3n) is 11.4. The van der Waals surface area contributed by atoms with Crippen molar-refractivity contribution in [1.82, 2.24) is 20.4 Å². The van der Waals surface area contributed by atoms with Crippen LogP contribution in [-0.4, -0.2) is 103 Å². The van der Waals surface area contributed by atoms with Gasteiger partial charge in [-0.3, -0.25) is 19.2 Å². The van der Waals surface area contributed by atoms with E-state index < -0.39 is 45.6 Å². The van der Waals surface area contributed by atoms with Gasteiger partial charge in [-0.05, 0) is 38.8 Å². The molecule has 4 fully saturated rings. The fourth-order valence-corrected chi connectivity index (χ4v) is 11.5. The van der Waals surface area contributed by atoms with E-state index in [9.17, 15) is 39.0 Å². The second-order valence-corrected chi connectivity index (χ2v) is 20.6. The average molecular weight is 909 g/mol. The Hall–Kier alpha value is -5.68. The van der Waals surface area contributed by atoms with Gasteiger partial charge in [0.25, 0.3) is 0 Å². The van der Waals surface area contributed by atoms with Crippen molar-refractivity contribution >= 4 is 59.1 Å². The number of β-lactam (4-membered cyclic amide) rings is 2. The highest BCUT2D eigenvalue weighted by molar-refractivity contribution is 8.02. The average Bonchev–Trinajstić information content (AvgIpc) is 3.69. The van der Waals surface area contributed by atoms with Crippen molar-refractivity contribution < 1.29 is 49.6 Å². The predicted molar refractivity (Wildman–Crippen MR) is 240 cm³/mol. The van der Waals surface area contributed by atoms with Crippen LogP contribution in [0.1, 0.15) is 49.9 Å². The number of hydrogen-bond acceptors (Lipinski definition) is 10. The van der Waals surface area contributed by atoms with Crippen LogP contribution in [0.2, 0.25) is 0 Å². The van der Waals surface area contributed by atoms with E-state index in [4.69, 9.17) is 0 Å². The summed E-state index contributed by atoms with van der Waals surface area (Å²) in [6, 6.07) is 36.5. The van der Waals surface area contributed by atoms with Crippen molar-refractivity contribution in [1.29, 1.82) is 0 Å². The summed E-state index contributed by atoms with van der Waals surface area (Å²) in [6.45, 7) is 11.6. The van der Waals surface area contributed by atoms with Crippen LogP contribution < -0.4 is 31.5 Å². The predicted octanol–water partition coefficient (Wildman–Crippen LogP) is -0.434. The van der Waals surface area contributed by atoms with Crippen LogP contribution in [0.3, 0.4) is 0 Å². The molecule has 64 heavy (non-hydrogen) atoms. The van der Waals surface area contributed by atoms with Gasteiger partial charge in [0.05, 0.1) is 36.9 Å². The van der Waals surface area contributed by atoms with Crippen LogP contribution in [-0.2, 0) is 54.7 Å². The summed E-state index contributed by atoms with van der Waals surface area (Å²) in [5.74, 6) is -3.72. The van der Waals surface area contributed by atoms with Gasteiger partial charge in [-0.25, -0.2) is 0 Å². The molecule has 0 bridgehead atoms. The number of rotatable bonds is 15. The Balaban J connectivity index is 0.000000161. The highest BCUT2D eigenvalue weighted by Crippen LogP contribution is 2.51. The zero-order valence-corrected chi connectivity index (χ0v) is 38.0. The first-order valence-corrected chi connectivity index (χ1v) is 23.1. The summed E-state index contributed by atoms with van der Waals surface area (Å²) in [6.07, 6.45) is 0.380. The Bertz CT molecular complexity index is 2090. The van der Waals surface area contributed by atoms with E-state index in [2.05, 4.69) is 81.9 Å². The van der Waals surface area contributed by atoms with Crippen molar-refractivity contribution in [3.8, 4) is 0 Å². The van der Waals surface area contributed by atoms with Crippen molar-refractivity contribution in [2.24, 2.45) is 0 Å². The topological polar surface area (TPSA) is 212 Å². The maximum absolute atomic E-state index is 12.2. The second-order valence-electron chi connectivity index (χ2n) is 17.1. The minimum atomic E-state index is -1.26. The molecule has 16 heteroatoms. The zero-order valence-electron chi connectivity index (χ0n) is 36.4. The summed E-state index contributed by atoms with van der Waals surface area (Å²) >= 11 is 2.77. The highest BCUT2D eigenvalue weighted by atomic mass is 32.2. The molecule has 6 N–H and O–H groups in total. The number of carbonyl (C=O) groups is 6. The Morgan fingerprint density at radius 1 is 0.531 bits per heavy atom. The largest absolute Gasteiger partial charge is 0.548 e. The number of carboxylic acids is 2. The molecule has 338 valence electrons. The standard InChI is InChI=1S/2C16H18N2O4S.C16H20N2/c2*1-16(2)12(15(21)22)18-13(20)11(14(18)23-16)17-10(19)8-9-6-4-3-5-7-9;1-3-7-15(8-4-1)13-17-11-12-18-14-16-9-5-2-6-10-16/h2*3-7,11-12,14H,8H2,1-2H3,(H,17,19)(H,21,22);1-10,17-18H,11-14H2/t2*11-,12+,14-;/m11./s1. The lowest BCUT2D eigenvalue weighted by molar-refractivity contribution is -0.738. The molecule has 0 saturated carbocycles. The fourth-order valence-electron chi connectivity index (χ4n) is 8.27. The van der Waals surface area contributed by atoms with Gasteiger partial charge in [0, 0.05) is 20.6 Å². The van der Waals surface area contributed by atoms with Crippen LogP contribution in [0.4, 0.5) is 0 Å². The quantitative estimate of drug-likeness (QED) is 0.0893. The van der Waals surface area contributed by atoms with Crippen LogP contribution in [0, 0.1) is 0 Å². The van der Waals surface area contributed by atoms with Crippen LogP contribution in [0.25, 0.3) is 0 Å². The molecule has 0 unspecified atom stereocenters. The summed E-state index contributed by atoms with van der Waals surface area (Å²) < 4.78 is -1.28. The first kappa shape index (κ1) is 47.8. The summed E-state index contributed by atoms with van der Waals surface area (Å²) in [4.78, 5) is 74.0. The number of hydrogen-bond donors (Lipinski definition) is 4. The first-order chi connectivity index (χ1) is 30.6. The SMILES string of the molecule is CC1(C)S[C@@H]2[C@H](NC(=O)Cc3ccccc3)C(=O)N2[C@H]1C(=O)[O-].CC1(C)S[C@@H]2[C@H](NC(=O)Cc3ccccc3)C(=O)N2[C@H]1C(=O)[O-].c1ccc(C[NH2+]CC[NH2+]Cc2ccccc2)cc1. The first-order valence-electron chi connectivity index (χ1n) is 21.4. The van der Waals surface area contributed by atoms with E-state index in [0.717, 1.165) is 24.2 Å². The maximum Gasteiger partial charge on any atom is 0.249 e. The van der Waals surface area contributed by atoms with E-state index in [0.29, 0.717) is 0 Å². The van der Waals surface area contributed by atoms with Gasteiger partial charge in [0.15, 0.2) is 0 Å². The molecular weight excluding hydrogens is 853 g/mol. The Kier molecular flexibility index (Phi) is 15.9. The molecule has 4 aromatic rings. The second kappa shape index (κ2) is 21.3. The third kappa shape index (κ3) is 11.7. The number of aliphatic carboxylic acids is 2. The molecule has 4 aliphatic heterocycles. The van der Waals surface area contributed by atoms with Gasteiger partial charge in [-0.1, -0.05) is 121 Å². The number of nitrogens with one attached hydrogen (secondary N) is 2. The molecule has 4 aliphatic rings. The van der Waals surface area contributed by atoms with Gasteiger partial charge in [-0.15, -0.1) is 23.5 Å². The molecule has 0 aliphatic carbocycles. The van der Waals surface area contributed by atoms with E-state index in [1.807, 2.05) is 60.7 Å². The minimum absolute atomic E-state index is 0.190. The number of benzene rings is 4. The molecule has 4 saturated heterocycles. The molecular formula is C48H56N6O8S2. The Morgan fingerprint density at radius 2 is 0.828 bits per heavy atom. The summed E-state index contributed by atoms with van der Waals surface area (Å²) in [7, 11) is 0. The third-order valence-corrected chi connectivity index (χ3v) is 14.5. The highest BCUT2D eigenvalue weighted by Gasteiger charge is 2.63. The van der Waals surface area contributed by atoms with Gasteiger partial charge < -0.3 is 50.9 Å². The number of nitrogens with two attached hydrogens (primary N) is 2. The smallest absolute Gasteiger partial charge is 0.249 e. The molecule has 14 nitrogen and oxygen atoms in total. The molecule has 6 atom stereocenters. The molecule has 0 spiro atoms. The van der Waals surface area contributed by atoms with Gasteiger partial charge in [-0.2, -0.15) is 0 Å². The number of quaternary nitrogens is 2. The minimum Gasteiger partial charge on any atom is -0.548 e. The number of thioether (sulfide) groups is 2. The maximum atomic E-state index is 12.2. The molecule has 0 radical (unpaired) electrons. The number of amides is 4. The van der Waals surface area contributed by atoms with Crippen molar-refractivity contribution in [2.75, 3.05) is 13.1 Å². The molecule has 4 amide bonds. The summed E-state index contributed by atoms with van der Waals surface area (Å²) in [5, 5.41) is 32.1. The van der Waals surface area contributed by atoms with E-state index in [-0.39, 0.29) is 47.2 Å². The number of carboxylic acid groups (broad SMARTS) is 2. The van der Waals surface area contributed by atoms with Crippen molar-refractivity contribution in [2.45, 2.75) is 98.0 Å². The fraction of sp³-hybridized carbons (Fsp3) is 0.375. The molecule has 0 aromatic heterocycles. The van der Waals surface area contributed by atoms with Gasteiger partial charge in [0.1, 0.15) is 49.0 Å². The Morgan fingerprint density at radius 3 is 1.12 bits per heavy atom. The van der Waals surface area contributed by atoms with Crippen LogP contribution in [0.15, 0.2) is 121 Å². The molecule has 4 heterocycles. The van der Waals surface area contributed by atoms with Crippen LogP contribution >= 0.6 is 23.5 Å². The molecule has 8 rings (SSSR count). The lowest BCUT2D eigenvalue weighted by atomic mass is 9.96. The van der Waals surface area contributed by atoms with Gasteiger partial charge in [0.2, 0.25) is 23.6 Å². The summed E-state index contributed by atoms with van der Waals surface area (Å²) in [5.41, 5.74) is 4.53. The van der Waals surface area contributed by atoms with E-state index in [1.165, 1.54) is 57.5 Å². The van der Waals surface area contributed by atoms with Crippen LogP contribution in [0.5, 0.6) is 0 Å². The lowest BCUT2D eigenvalue weighted by Gasteiger charge is -2.45. The van der Waals surface area contributed by atoms with E-state index in [1.54, 1.807) is 27.7 Å². The Labute approximate surface area is 382 Å². The number of carbonyl (C=O) groups excluding carboxylic acids is 6. The van der Waals surface area contributed by atoms with E-state index >= 15 is 0 Å². The zero-order chi connectivity index (χ0) is 46.0. The number of nitrogens with zero attached hydrogens (tertiary/aromatic N) is 2. The monoisotopic (exact) mass is 908 g/mol. The van der Waals surface area contributed by atoms with Gasteiger partial charge >= 0.3 is 0 Å². The lowest BCUT2D eigenvalue weighted by Crippen LogP contribution is -2.93. The van der Waals surface area contributed by atoms with Crippen molar-refractivity contribution in [3.63, 3.8) is 0 Å².